The lowest BCUT2D eigenvalue weighted by Crippen LogP contribution is -2.14. The Kier molecular flexibility index (Phi) is 5.26. The molecule has 0 saturated carbocycles. The highest BCUT2D eigenvalue weighted by molar-refractivity contribution is 5.58. The maximum absolute atomic E-state index is 10.6. The summed E-state index contributed by atoms with van der Waals surface area (Å²) >= 11 is 0. The summed E-state index contributed by atoms with van der Waals surface area (Å²) in [7, 11) is 1.82. The van der Waals surface area contributed by atoms with Gasteiger partial charge in [0, 0.05) is 24.9 Å². The molecule has 114 valence electrons. The number of allylic oxidation sites excluding steroid dienone is 3. The molecule has 0 N–H and O–H groups in total. The molecule has 2 aromatic carbocycles. The number of nitro benzene ring substituents is 1. The van der Waals surface area contributed by atoms with Gasteiger partial charge in [-0.25, -0.2) is 0 Å². The van der Waals surface area contributed by atoms with Crippen LogP contribution >= 0.6 is 0 Å². The van der Waals surface area contributed by atoms with E-state index in [1.54, 1.807) is 35.3 Å². The minimum Gasteiger partial charge on any atom is -0.336 e. The lowest BCUT2D eigenvalue weighted by molar-refractivity contribution is -0.384. The summed E-state index contributed by atoms with van der Waals surface area (Å²) in [5.41, 5.74) is 2.30. The zero-order valence-corrected chi connectivity index (χ0v) is 12.6. The van der Waals surface area contributed by atoms with E-state index in [9.17, 15) is 15.4 Å². The third-order valence-corrected chi connectivity index (χ3v) is 3.27. The Labute approximate surface area is 134 Å². The van der Waals surface area contributed by atoms with Gasteiger partial charge in [-0.3, -0.25) is 10.1 Å². The average Bonchev–Trinajstić information content (AvgIpc) is 2.59. The quantitative estimate of drug-likeness (QED) is 0.360. The Bertz CT molecular complexity index is 772. The lowest BCUT2D eigenvalue weighted by atomic mass is 10.2. The summed E-state index contributed by atoms with van der Waals surface area (Å²) in [5.74, 6) is 0. The monoisotopic (exact) mass is 305 g/mol. The van der Waals surface area contributed by atoms with Crippen LogP contribution in [0.1, 0.15) is 5.56 Å². The minimum atomic E-state index is -0.435. The number of benzene rings is 2. The Morgan fingerprint density at radius 1 is 1.17 bits per heavy atom. The molecule has 0 unspecified atom stereocenters. The largest absolute Gasteiger partial charge is 0.336 e. The van der Waals surface area contributed by atoms with Gasteiger partial charge in [-0.05, 0) is 35.9 Å². The number of nitrogens with zero attached hydrogens (tertiary/aromatic N) is 3. The zero-order valence-electron chi connectivity index (χ0n) is 12.6. The molecule has 0 aliphatic carbocycles. The molecule has 0 aliphatic rings. The molecular weight excluding hydrogens is 290 g/mol. The van der Waals surface area contributed by atoms with Crippen LogP contribution in [0.2, 0.25) is 0 Å². The van der Waals surface area contributed by atoms with Gasteiger partial charge < -0.3 is 4.90 Å². The molecular formula is C18H15N3O2. The van der Waals surface area contributed by atoms with Crippen molar-refractivity contribution >= 4 is 17.5 Å². The smallest absolute Gasteiger partial charge is 0.269 e. The van der Waals surface area contributed by atoms with Gasteiger partial charge in [0.25, 0.3) is 5.69 Å². The Hall–Kier alpha value is -3.39. The molecule has 0 bridgehead atoms. The number of rotatable bonds is 5. The van der Waals surface area contributed by atoms with Crippen LogP contribution in [0.25, 0.3) is 6.08 Å². The van der Waals surface area contributed by atoms with Crippen LogP contribution in [0.4, 0.5) is 11.4 Å². The summed E-state index contributed by atoms with van der Waals surface area (Å²) < 4.78 is 0. The number of anilines is 1. The molecule has 2 aromatic rings. The van der Waals surface area contributed by atoms with Gasteiger partial charge in [-0.15, -0.1) is 0 Å². The van der Waals surface area contributed by atoms with Crippen molar-refractivity contribution in [1.29, 1.82) is 5.26 Å². The first-order valence-electron chi connectivity index (χ1n) is 6.93. The standard InChI is InChI=1S/C18H15N3O2/c1-20(16-7-3-2-4-8-16)18(14-19)9-5-6-15-10-12-17(13-11-15)21(22)23/h2-13H,1H3/b6-5+,18-9-. The average molecular weight is 305 g/mol. The summed E-state index contributed by atoms with van der Waals surface area (Å²) in [6, 6.07) is 18.0. The van der Waals surface area contributed by atoms with Crippen LogP contribution in [0.5, 0.6) is 0 Å². The van der Waals surface area contributed by atoms with Crippen molar-refractivity contribution in [2.75, 3.05) is 11.9 Å². The second kappa shape index (κ2) is 7.57. The van der Waals surface area contributed by atoms with E-state index in [0.29, 0.717) is 5.70 Å². The number of hydrogen-bond acceptors (Lipinski definition) is 4. The van der Waals surface area contributed by atoms with Crippen molar-refractivity contribution in [3.05, 3.63) is 88.1 Å². The van der Waals surface area contributed by atoms with E-state index >= 15 is 0 Å². The van der Waals surface area contributed by atoms with Crippen LogP contribution in [0.3, 0.4) is 0 Å². The lowest BCUT2D eigenvalue weighted by Gasteiger charge is -2.17. The molecule has 0 saturated heterocycles. The Morgan fingerprint density at radius 2 is 1.83 bits per heavy atom. The van der Waals surface area contributed by atoms with Gasteiger partial charge in [-0.2, -0.15) is 5.26 Å². The van der Waals surface area contributed by atoms with Crippen LogP contribution in [0.15, 0.2) is 72.4 Å². The number of hydrogen-bond donors (Lipinski definition) is 0. The van der Waals surface area contributed by atoms with E-state index in [-0.39, 0.29) is 5.69 Å². The van der Waals surface area contributed by atoms with Crippen LogP contribution in [-0.2, 0) is 0 Å². The van der Waals surface area contributed by atoms with Crippen LogP contribution < -0.4 is 4.90 Å². The van der Waals surface area contributed by atoms with Gasteiger partial charge >= 0.3 is 0 Å². The predicted molar refractivity (Wildman–Crippen MR) is 90.7 cm³/mol. The van der Waals surface area contributed by atoms with Gasteiger partial charge in [0.2, 0.25) is 0 Å². The number of non-ortho nitro benzene ring substituents is 1. The molecule has 0 aromatic heterocycles. The molecule has 0 heterocycles. The van der Waals surface area contributed by atoms with E-state index in [2.05, 4.69) is 6.07 Å². The summed E-state index contributed by atoms with van der Waals surface area (Å²) in [6.07, 6.45) is 5.24. The van der Waals surface area contributed by atoms with Crippen molar-refractivity contribution in [2.24, 2.45) is 0 Å². The van der Waals surface area contributed by atoms with Gasteiger partial charge in [0.05, 0.1) is 4.92 Å². The molecule has 2 rings (SSSR count). The summed E-state index contributed by atoms with van der Waals surface area (Å²) in [4.78, 5) is 12.0. The molecule has 0 fully saturated rings. The third-order valence-electron chi connectivity index (χ3n) is 3.27. The third kappa shape index (κ3) is 4.29. The minimum absolute atomic E-state index is 0.0548. The first-order chi connectivity index (χ1) is 11.1. The van der Waals surface area contributed by atoms with Crippen LogP contribution in [0, 0.1) is 21.4 Å². The molecule has 23 heavy (non-hydrogen) atoms. The maximum atomic E-state index is 10.6. The Morgan fingerprint density at radius 3 is 2.39 bits per heavy atom. The summed E-state index contributed by atoms with van der Waals surface area (Å²) in [5, 5.41) is 19.9. The van der Waals surface area contributed by atoms with E-state index in [1.165, 1.54) is 12.1 Å². The van der Waals surface area contributed by atoms with Crippen molar-refractivity contribution in [2.45, 2.75) is 0 Å². The van der Waals surface area contributed by atoms with Crippen LogP contribution in [-0.4, -0.2) is 12.0 Å². The molecule has 5 heteroatoms. The van der Waals surface area contributed by atoms with Crippen molar-refractivity contribution < 1.29 is 4.92 Å². The number of para-hydroxylation sites is 1. The fourth-order valence-corrected chi connectivity index (χ4v) is 1.97. The van der Waals surface area contributed by atoms with Crippen molar-refractivity contribution in [1.82, 2.24) is 0 Å². The zero-order chi connectivity index (χ0) is 16.7. The normalized spacial score (nSPS) is 11.2. The predicted octanol–water partition coefficient (Wildman–Crippen LogP) is 4.15. The summed E-state index contributed by atoms with van der Waals surface area (Å²) in [6.45, 7) is 0. The molecule has 0 amide bonds. The maximum Gasteiger partial charge on any atom is 0.269 e. The molecule has 0 atom stereocenters. The first-order valence-corrected chi connectivity index (χ1v) is 6.93. The second-order valence-electron chi connectivity index (χ2n) is 4.77. The molecule has 5 nitrogen and oxygen atoms in total. The van der Waals surface area contributed by atoms with E-state index in [1.807, 2.05) is 37.4 Å². The molecule has 0 aliphatic heterocycles. The first kappa shape index (κ1) is 16.0. The van der Waals surface area contributed by atoms with Crippen molar-refractivity contribution in [3.8, 4) is 6.07 Å². The van der Waals surface area contributed by atoms with Gasteiger partial charge in [0.1, 0.15) is 11.8 Å². The van der Waals surface area contributed by atoms with Gasteiger partial charge in [0.15, 0.2) is 0 Å². The molecule has 0 spiro atoms. The SMILES string of the molecule is CN(/C(C#N)=C\C=C\c1ccc([N+](=O)[O-])cc1)c1ccccc1. The highest BCUT2D eigenvalue weighted by Crippen LogP contribution is 2.17. The van der Waals surface area contributed by atoms with E-state index in [0.717, 1.165) is 11.3 Å². The van der Waals surface area contributed by atoms with E-state index in [4.69, 9.17) is 0 Å². The highest BCUT2D eigenvalue weighted by Gasteiger charge is 2.05. The number of nitriles is 1. The molecule has 0 radical (unpaired) electrons. The van der Waals surface area contributed by atoms with Gasteiger partial charge in [-0.1, -0.05) is 30.4 Å². The second-order valence-corrected chi connectivity index (χ2v) is 4.77. The topological polar surface area (TPSA) is 70.2 Å². The fourth-order valence-electron chi connectivity index (χ4n) is 1.97. The van der Waals surface area contributed by atoms with E-state index < -0.39 is 4.92 Å². The highest BCUT2D eigenvalue weighted by atomic mass is 16.6. The number of nitro groups is 1. The Balaban J connectivity index is 2.13. The van der Waals surface area contributed by atoms with Crippen molar-refractivity contribution in [3.63, 3.8) is 0 Å². The fraction of sp³-hybridized carbons (Fsp3) is 0.0556.